The van der Waals surface area contributed by atoms with Crippen LogP contribution in [-0.2, 0) is 24.4 Å². The Bertz CT molecular complexity index is 814. The van der Waals surface area contributed by atoms with Crippen LogP contribution in [0.3, 0.4) is 0 Å². The van der Waals surface area contributed by atoms with Crippen LogP contribution < -0.4 is 10.0 Å². The summed E-state index contributed by atoms with van der Waals surface area (Å²) >= 11 is 0. The molecule has 134 valence electrons. The fourth-order valence-electron chi connectivity index (χ4n) is 2.58. The number of allylic oxidation sites excluding steroid dienone is 2. The molecular formula is C16H18N2O6S. The predicted molar refractivity (Wildman–Crippen MR) is 89.1 cm³/mol. The number of anilines is 1. The molecule has 0 fully saturated rings. The van der Waals surface area contributed by atoms with E-state index in [1.165, 1.54) is 24.3 Å². The van der Waals surface area contributed by atoms with E-state index in [1.54, 1.807) is 12.2 Å². The van der Waals surface area contributed by atoms with Crippen molar-refractivity contribution in [3.05, 3.63) is 36.4 Å². The maximum Gasteiger partial charge on any atom is 0.307 e. The van der Waals surface area contributed by atoms with Gasteiger partial charge in [0.05, 0.1) is 16.7 Å². The van der Waals surface area contributed by atoms with Crippen LogP contribution in [0.1, 0.15) is 19.8 Å². The lowest BCUT2D eigenvalue weighted by molar-refractivity contribution is -0.146. The van der Waals surface area contributed by atoms with E-state index in [2.05, 4.69) is 5.32 Å². The van der Waals surface area contributed by atoms with Gasteiger partial charge in [-0.2, -0.15) is 0 Å². The van der Waals surface area contributed by atoms with Crippen molar-refractivity contribution in [1.82, 2.24) is 4.72 Å². The van der Waals surface area contributed by atoms with Crippen molar-refractivity contribution in [2.45, 2.75) is 24.7 Å². The fourth-order valence-corrected chi connectivity index (χ4v) is 3.57. The Kier molecular flexibility index (Phi) is 5.58. The van der Waals surface area contributed by atoms with Crippen molar-refractivity contribution < 1.29 is 27.9 Å². The molecule has 1 aliphatic rings. The number of nitrogens with one attached hydrogen (secondary N) is 2. The Balaban J connectivity index is 2.10. The van der Waals surface area contributed by atoms with Crippen LogP contribution in [0.15, 0.2) is 41.3 Å². The van der Waals surface area contributed by atoms with E-state index in [0.717, 1.165) is 6.92 Å². The summed E-state index contributed by atoms with van der Waals surface area (Å²) in [5.74, 6) is -3.65. The number of sulfonamides is 1. The molecule has 0 heterocycles. The minimum atomic E-state index is -3.94. The zero-order valence-corrected chi connectivity index (χ0v) is 14.2. The van der Waals surface area contributed by atoms with Gasteiger partial charge in [-0.05, 0) is 37.1 Å². The molecule has 8 nitrogen and oxygen atoms in total. The molecule has 25 heavy (non-hydrogen) atoms. The van der Waals surface area contributed by atoms with E-state index in [0.29, 0.717) is 18.5 Å². The first-order valence-corrected chi connectivity index (χ1v) is 9.01. The summed E-state index contributed by atoms with van der Waals surface area (Å²) in [6, 6.07) is 5.24. The molecular weight excluding hydrogens is 348 g/mol. The van der Waals surface area contributed by atoms with Gasteiger partial charge in [0.15, 0.2) is 0 Å². The van der Waals surface area contributed by atoms with Gasteiger partial charge in [-0.1, -0.05) is 12.2 Å². The normalized spacial score (nSPS) is 19.9. The van der Waals surface area contributed by atoms with Gasteiger partial charge in [0.2, 0.25) is 11.8 Å². The molecule has 0 aliphatic heterocycles. The first-order chi connectivity index (χ1) is 11.7. The van der Waals surface area contributed by atoms with Crippen LogP contribution in [0, 0.1) is 11.8 Å². The first kappa shape index (κ1) is 18.7. The predicted octanol–water partition coefficient (Wildman–Crippen LogP) is 1.12. The monoisotopic (exact) mass is 366 g/mol. The molecule has 2 atom stereocenters. The Labute approximate surface area is 145 Å². The van der Waals surface area contributed by atoms with Crippen LogP contribution in [-0.4, -0.2) is 31.3 Å². The third-order valence-electron chi connectivity index (χ3n) is 3.80. The molecule has 0 aromatic heterocycles. The fraction of sp³-hybridized carbons (Fsp3) is 0.312. The average Bonchev–Trinajstić information content (AvgIpc) is 2.54. The Morgan fingerprint density at radius 2 is 1.60 bits per heavy atom. The lowest BCUT2D eigenvalue weighted by Gasteiger charge is -2.24. The maximum atomic E-state index is 12.3. The van der Waals surface area contributed by atoms with E-state index in [1.807, 2.05) is 4.72 Å². The van der Waals surface area contributed by atoms with Crippen molar-refractivity contribution >= 4 is 33.5 Å². The second-order valence-corrected chi connectivity index (χ2v) is 7.35. The molecule has 1 aliphatic carbocycles. The van der Waals surface area contributed by atoms with E-state index in [-0.39, 0.29) is 4.90 Å². The number of hydrogen-bond acceptors (Lipinski definition) is 5. The molecule has 3 N–H and O–H groups in total. The van der Waals surface area contributed by atoms with Crippen molar-refractivity contribution in [3.63, 3.8) is 0 Å². The smallest absolute Gasteiger partial charge is 0.307 e. The summed E-state index contributed by atoms with van der Waals surface area (Å²) in [5.41, 5.74) is 0.338. The third kappa shape index (κ3) is 4.66. The Morgan fingerprint density at radius 1 is 1.04 bits per heavy atom. The second kappa shape index (κ2) is 7.47. The zero-order chi connectivity index (χ0) is 18.6. The van der Waals surface area contributed by atoms with Gasteiger partial charge in [-0.3, -0.25) is 14.4 Å². The second-order valence-electron chi connectivity index (χ2n) is 5.67. The molecule has 0 spiro atoms. The number of benzene rings is 1. The largest absolute Gasteiger partial charge is 0.481 e. The summed E-state index contributed by atoms with van der Waals surface area (Å²) in [6.07, 6.45) is 4.14. The summed E-state index contributed by atoms with van der Waals surface area (Å²) in [6.45, 7) is 1.09. The summed E-state index contributed by atoms with van der Waals surface area (Å²) < 4.78 is 25.5. The van der Waals surface area contributed by atoms with E-state index in [4.69, 9.17) is 0 Å². The number of carbonyl (C=O) groups excluding carboxylic acids is 2. The highest BCUT2D eigenvalue weighted by atomic mass is 32.2. The molecule has 0 unspecified atom stereocenters. The number of carbonyl (C=O) groups is 3. The highest BCUT2D eigenvalue weighted by Gasteiger charge is 2.33. The average molecular weight is 366 g/mol. The number of hydrogen-bond donors (Lipinski definition) is 3. The molecule has 2 amide bonds. The standard InChI is InChI=1S/C16H18N2O6S/c1-10(19)18-25(23,24)12-8-6-11(7-9-12)17-15(20)13-4-2-3-5-14(13)16(21)22/h2-3,6-9,13-14H,4-5H2,1H3,(H,17,20)(H,18,19)(H,21,22)/t13-,14-/m0/s1. The molecule has 0 radical (unpaired) electrons. The third-order valence-corrected chi connectivity index (χ3v) is 5.25. The molecule has 1 aromatic carbocycles. The van der Waals surface area contributed by atoms with Gasteiger partial charge in [-0.15, -0.1) is 0 Å². The van der Waals surface area contributed by atoms with E-state index in [9.17, 15) is 27.9 Å². The van der Waals surface area contributed by atoms with Gasteiger partial charge in [0, 0.05) is 12.6 Å². The van der Waals surface area contributed by atoms with Crippen LogP contribution in [0.2, 0.25) is 0 Å². The lowest BCUT2D eigenvalue weighted by Crippen LogP contribution is -2.34. The lowest BCUT2D eigenvalue weighted by atomic mass is 9.82. The summed E-state index contributed by atoms with van der Waals surface area (Å²) in [5, 5.41) is 11.8. The molecule has 9 heteroatoms. The minimum Gasteiger partial charge on any atom is -0.481 e. The first-order valence-electron chi connectivity index (χ1n) is 7.53. The molecule has 0 saturated heterocycles. The number of carboxylic acid groups (broad SMARTS) is 1. The number of amides is 2. The highest BCUT2D eigenvalue weighted by Crippen LogP contribution is 2.27. The van der Waals surface area contributed by atoms with Crippen molar-refractivity contribution in [2.24, 2.45) is 11.8 Å². The molecule has 2 rings (SSSR count). The van der Waals surface area contributed by atoms with Gasteiger partial charge in [0.25, 0.3) is 10.0 Å². The van der Waals surface area contributed by atoms with Crippen LogP contribution in [0.5, 0.6) is 0 Å². The maximum absolute atomic E-state index is 12.3. The van der Waals surface area contributed by atoms with Crippen molar-refractivity contribution in [1.29, 1.82) is 0 Å². The number of carboxylic acids is 1. The van der Waals surface area contributed by atoms with Crippen LogP contribution in [0.25, 0.3) is 0 Å². The van der Waals surface area contributed by atoms with Crippen LogP contribution >= 0.6 is 0 Å². The SMILES string of the molecule is CC(=O)NS(=O)(=O)c1ccc(NC(=O)[C@H]2CC=CC[C@@H]2C(=O)O)cc1. The number of rotatable bonds is 5. The molecule has 1 aromatic rings. The molecule has 0 bridgehead atoms. The topological polar surface area (TPSA) is 130 Å². The quantitative estimate of drug-likeness (QED) is 0.670. The number of aliphatic carboxylic acids is 1. The minimum absolute atomic E-state index is 0.121. The zero-order valence-electron chi connectivity index (χ0n) is 13.4. The van der Waals surface area contributed by atoms with E-state index < -0.39 is 39.6 Å². The van der Waals surface area contributed by atoms with Gasteiger partial charge in [0.1, 0.15) is 0 Å². The van der Waals surface area contributed by atoms with Gasteiger partial charge < -0.3 is 10.4 Å². The highest BCUT2D eigenvalue weighted by molar-refractivity contribution is 7.90. The van der Waals surface area contributed by atoms with Crippen molar-refractivity contribution in [3.8, 4) is 0 Å². The Hall–Kier alpha value is -2.68. The van der Waals surface area contributed by atoms with Crippen molar-refractivity contribution in [2.75, 3.05) is 5.32 Å². The van der Waals surface area contributed by atoms with Gasteiger partial charge >= 0.3 is 5.97 Å². The Morgan fingerprint density at radius 3 is 2.12 bits per heavy atom. The van der Waals surface area contributed by atoms with Gasteiger partial charge in [-0.25, -0.2) is 13.1 Å². The molecule has 0 saturated carbocycles. The van der Waals surface area contributed by atoms with Crippen LogP contribution in [0.4, 0.5) is 5.69 Å². The van der Waals surface area contributed by atoms with E-state index >= 15 is 0 Å². The summed E-state index contributed by atoms with van der Waals surface area (Å²) in [4.78, 5) is 34.4. The summed E-state index contributed by atoms with van der Waals surface area (Å²) in [7, 11) is -3.94.